The Hall–Kier alpha value is -4.34. The highest BCUT2D eigenvalue weighted by atomic mass is 32.2. The molecule has 3 N–H and O–H groups in total. The van der Waals surface area contributed by atoms with Crippen LogP contribution in [0.5, 0.6) is 5.75 Å². The molecule has 55 heavy (non-hydrogen) atoms. The lowest BCUT2D eigenvalue weighted by Gasteiger charge is -2.36. The van der Waals surface area contributed by atoms with Gasteiger partial charge in [0.15, 0.2) is 11.6 Å². The van der Waals surface area contributed by atoms with E-state index in [1.807, 2.05) is 12.2 Å². The third-order valence-electron chi connectivity index (χ3n) is 12.5. The highest BCUT2D eigenvalue weighted by Gasteiger charge is 2.64. The normalized spacial score (nSPS) is 30.2. The van der Waals surface area contributed by atoms with E-state index in [0.717, 1.165) is 37.8 Å². The van der Waals surface area contributed by atoms with Gasteiger partial charge in [0.2, 0.25) is 21.8 Å². The van der Waals surface area contributed by atoms with E-state index in [1.165, 1.54) is 4.90 Å². The van der Waals surface area contributed by atoms with Gasteiger partial charge in [-0.25, -0.2) is 27.0 Å². The van der Waals surface area contributed by atoms with Crippen molar-refractivity contribution >= 4 is 44.7 Å². The van der Waals surface area contributed by atoms with Gasteiger partial charge in [0.25, 0.3) is 5.91 Å². The number of hydrogen-bond acceptors (Lipinski definition) is 9. The number of amides is 4. The Labute approximate surface area is 318 Å². The number of carbonyl (C=O) groups is 4. The van der Waals surface area contributed by atoms with Crippen LogP contribution in [0.25, 0.3) is 10.9 Å². The van der Waals surface area contributed by atoms with E-state index in [0.29, 0.717) is 73.3 Å². The fourth-order valence-corrected chi connectivity index (χ4v) is 9.66. The number of aryl methyl sites for hydroxylation is 2. The number of pyridine rings is 1. The molecule has 4 heterocycles. The number of carbonyl (C=O) groups excluding carboxylic acids is 4. The second-order valence-corrected chi connectivity index (χ2v) is 18.9. The molecule has 16 heteroatoms. The SMILES string of the molecule is Cc1nc2cc(F)c(F)cc2c2c1OC1(CC2)CC2C(=O)NC3(C(=O)NS(=O)(=O)C4(C)CC4)CC3C=CCCCCCC(NC(=O)OCC3CC3)C(=O)N2C1. The van der Waals surface area contributed by atoms with Crippen molar-refractivity contribution in [2.45, 2.75) is 125 Å². The van der Waals surface area contributed by atoms with Crippen LogP contribution in [0.1, 0.15) is 95.2 Å². The van der Waals surface area contributed by atoms with Gasteiger partial charge in [-0.2, -0.15) is 0 Å². The summed E-state index contributed by atoms with van der Waals surface area (Å²) in [6.45, 7) is 3.47. The Morgan fingerprint density at radius 1 is 1.07 bits per heavy atom. The predicted octanol–water partition coefficient (Wildman–Crippen LogP) is 4.38. The number of allylic oxidation sites excluding steroid dienone is 1. The zero-order valence-electron chi connectivity index (χ0n) is 31.0. The summed E-state index contributed by atoms with van der Waals surface area (Å²) in [6.07, 6.45) is 9.78. The molecular weight excluding hydrogens is 737 g/mol. The number of alkyl carbamates (subject to hydrolysis) is 1. The summed E-state index contributed by atoms with van der Waals surface area (Å²) < 4.78 is 68.3. The molecule has 5 atom stereocenters. The Balaban J connectivity index is 1.12. The van der Waals surface area contributed by atoms with E-state index in [1.54, 1.807) is 13.8 Å². The monoisotopic (exact) mass is 783 g/mol. The Kier molecular flexibility index (Phi) is 9.36. The van der Waals surface area contributed by atoms with Crippen molar-refractivity contribution in [1.29, 1.82) is 0 Å². The largest absolute Gasteiger partial charge is 0.483 e. The van der Waals surface area contributed by atoms with Crippen LogP contribution in [0.4, 0.5) is 13.6 Å². The number of nitrogens with one attached hydrogen (secondary N) is 3. The number of halogens is 2. The number of rotatable bonds is 6. The quantitative estimate of drug-likeness (QED) is 0.360. The molecule has 3 saturated carbocycles. The molecular formula is C39H47F2N5O8S. The zero-order valence-corrected chi connectivity index (χ0v) is 31.9. The first-order valence-corrected chi connectivity index (χ1v) is 20.9. The maximum absolute atomic E-state index is 14.6. The van der Waals surface area contributed by atoms with Crippen LogP contribution in [0.2, 0.25) is 0 Å². The van der Waals surface area contributed by atoms with Crippen LogP contribution in [0.15, 0.2) is 24.3 Å². The van der Waals surface area contributed by atoms with E-state index in [2.05, 4.69) is 20.3 Å². The van der Waals surface area contributed by atoms with Crippen LogP contribution in [-0.2, 0) is 35.6 Å². The van der Waals surface area contributed by atoms with Crippen LogP contribution in [0.3, 0.4) is 0 Å². The first-order valence-electron chi connectivity index (χ1n) is 19.4. The summed E-state index contributed by atoms with van der Waals surface area (Å²) in [7, 11) is -4.02. The molecule has 1 saturated heterocycles. The van der Waals surface area contributed by atoms with Crippen LogP contribution in [0, 0.1) is 30.4 Å². The Morgan fingerprint density at radius 3 is 2.58 bits per heavy atom. The number of fused-ring (bicyclic) bond motifs is 5. The maximum Gasteiger partial charge on any atom is 0.407 e. The summed E-state index contributed by atoms with van der Waals surface area (Å²) in [5, 5.41) is 6.05. The maximum atomic E-state index is 14.6. The lowest BCUT2D eigenvalue weighted by Crippen LogP contribution is -2.58. The van der Waals surface area contributed by atoms with Crippen molar-refractivity contribution in [3.63, 3.8) is 0 Å². The Bertz CT molecular complexity index is 2110. The van der Waals surface area contributed by atoms with Gasteiger partial charge in [0.1, 0.15) is 29.0 Å². The fourth-order valence-electron chi connectivity index (χ4n) is 8.35. The number of ether oxygens (including phenoxy) is 2. The molecule has 1 aromatic heterocycles. The number of sulfonamides is 1. The molecule has 4 fully saturated rings. The van der Waals surface area contributed by atoms with Crippen molar-refractivity contribution in [3.05, 3.63) is 47.2 Å². The predicted molar refractivity (Wildman–Crippen MR) is 195 cm³/mol. The Morgan fingerprint density at radius 2 is 1.84 bits per heavy atom. The minimum absolute atomic E-state index is 0.00664. The minimum atomic E-state index is -4.02. The summed E-state index contributed by atoms with van der Waals surface area (Å²) in [6, 6.07) is -0.0449. The van der Waals surface area contributed by atoms with Crippen molar-refractivity contribution in [2.75, 3.05) is 13.2 Å². The molecule has 0 radical (unpaired) electrons. The van der Waals surface area contributed by atoms with E-state index in [-0.39, 0.29) is 31.5 Å². The first-order chi connectivity index (χ1) is 26.1. The molecule has 296 valence electrons. The van der Waals surface area contributed by atoms with Crippen LogP contribution >= 0.6 is 0 Å². The molecule has 1 aromatic carbocycles. The lowest BCUT2D eigenvalue weighted by molar-refractivity contribution is -0.141. The molecule has 0 bridgehead atoms. The van der Waals surface area contributed by atoms with Gasteiger partial charge in [-0.05, 0) is 90.0 Å². The van der Waals surface area contributed by atoms with Gasteiger partial charge >= 0.3 is 6.09 Å². The van der Waals surface area contributed by atoms with Crippen LogP contribution < -0.4 is 20.1 Å². The summed E-state index contributed by atoms with van der Waals surface area (Å²) in [4.78, 5) is 62.0. The van der Waals surface area contributed by atoms with Gasteiger partial charge in [0.05, 0.1) is 29.1 Å². The van der Waals surface area contributed by atoms with Crippen molar-refractivity contribution in [2.24, 2.45) is 11.8 Å². The number of hydrogen-bond donors (Lipinski definition) is 3. The molecule has 1 spiro atoms. The van der Waals surface area contributed by atoms with Gasteiger partial charge in [-0.3, -0.25) is 19.1 Å². The number of aromatic nitrogens is 1. The molecule has 13 nitrogen and oxygen atoms in total. The third kappa shape index (κ3) is 7.14. The van der Waals surface area contributed by atoms with Gasteiger partial charge in [0, 0.05) is 29.4 Å². The van der Waals surface area contributed by atoms with E-state index in [4.69, 9.17) is 9.47 Å². The number of nitrogens with zero attached hydrogens (tertiary/aromatic N) is 2. The fraction of sp³-hybridized carbons (Fsp3) is 0.615. The number of benzene rings is 1. The van der Waals surface area contributed by atoms with Crippen molar-refractivity contribution < 1.29 is 45.9 Å². The second-order valence-electron chi connectivity index (χ2n) is 16.7. The average Bonchev–Trinajstić information content (AvgIpc) is 4.08. The van der Waals surface area contributed by atoms with Gasteiger partial charge in [-0.15, -0.1) is 0 Å². The van der Waals surface area contributed by atoms with Crippen LogP contribution in [-0.4, -0.2) is 83.2 Å². The molecule has 4 amide bonds. The van der Waals surface area contributed by atoms with Gasteiger partial charge in [-0.1, -0.05) is 25.0 Å². The van der Waals surface area contributed by atoms with E-state index < -0.39 is 79.4 Å². The highest BCUT2D eigenvalue weighted by Crippen LogP contribution is 2.49. The average molecular weight is 784 g/mol. The summed E-state index contributed by atoms with van der Waals surface area (Å²) >= 11 is 0. The highest BCUT2D eigenvalue weighted by molar-refractivity contribution is 7.91. The smallest absolute Gasteiger partial charge is 0.407 e. The zero-order chi connectivity index (χ0) is 38.9. The minimum Gasteiger partial charge on any atom is -0.483 e. The molecule has 2 aromatic rings. The van der Waals surface area contributed by atoms with E-state index in [9.17, 15) is 36.4 Å². The topological polar surface area (TPSA) is 173 Å². The molecule has 3 aliphatic heterocycles. The molecule has 8 rings (SSSR count). The molecule has 3 aliphatic carbocycles. The lowest BCUT2D eigenvalue weighted by atomic mass is 9.87. The van der Waals surface area contributed by atoms with E-state index >= 15 is 0 Å². The van der Waals surface area contributed by atoms with Gasteiger partial charge < -0.3 is 25.0 Å². The third-order valence-corrected chi connectivity index (χ3v) is 14.6. The van der Waals surface area contributed by atoms with Crippen molar-refractivity contribution in [3.8, 4) is 5.75 Å². The summed E-state index contributed by atoms with van der Waals surface area (Å²) in [5.41, 5.74) is -1.33. The summed E-state index contributed by atoms with van der Waals surface area (Å²) in [5.74, 6) is -3.82. The first kappa shape index (κ1) is 37.6. The van der Waals surface area contributed by atoms with Crippen molar-refractivity contribution in [1.82, 2.24) is 25.2 Å². The molecule has 6 aliphatic rings. The second kappa shape index (κ2) is 13.7. The molecule has 5 unspecified atom stereocenters. The standard InChI is InChI=1S/C39H47F2N5O8S/c1-22-32-25(26-16-27(40)28(41)17-30(26)42-22)12-13-38(54-32)19-31-33(47)44-39(35(49)45-55(51,52)37(2)14-15-37)18-24(39)8-6-4-3-5-7-9-29(34(48)46(31)21-38)43-36(50)53-20-23-10-11-23/h6,8,16-17,23-24,29,31H,3-5,7,9-15,18-21H2,1-2H3,(H,43,50)(H,44,47)(H,45,49).